The van der Waals surface area contributed by atoms with E-state index in [1.165, 1.54) is 0 Å². The lowest BCUT2D eigenvalue weighted by Gasteiger charge is -2.10. The maximum atomic E-state index is 5.44. The standard InChI is InChI=1S/C15H27O3P/c1-4-7-10-13-16-19(17-14-11-8-5-2)18-15-12-9-6-3/h10-15H,4-9H2,1-3H3. The molecule has 3 nitrogen and oxygen atoms in total. The molecule has 0 aromatic carbocycles. The Hall–Kier alpha value is -0.950. The maximum Gasteiger partial charge on any atom is 0.528 e. The van der Waals surface area contributed by atoms with E-state index >= 15 is 0 Å². The molecular formula is C15H27O3P. The Labute approximate surface area is 119 Å². The third-order valence-corrected chi connectivity index (χ3v) is 2.98. The van der Waals surface area contributed by atoms with Crippen LogP contribution in [0.3, 0.4) is 0 Å². The zero-order valence-corrected chi connectivity index (χ0v) is 13.3. The molecule has 0 bridgehead atoms. The van der Waals surface area contributed by atoms with E-state index in [0.717, 1.165) is 38.5 Å². The number of rotatable bonds is 12. The second-order valence-electron chi connectivity index (χ2n) is 4.02. The van der Waals surface area contributed by atoms with Crippen molar-refractivity contribution in [3.8, 4) is 0 Å². The molecule has 0 aromatic rings. The SMILES string of the molecule is CCCC=COP(OC=CCCC)OC=CCCC. The molecule has 0 radical (unpaired) electrons. The van der Waals surface area contributed by atoms with E-state index in [1.807, 2.05) is 18.2 Å². The van der Waals surface area contributed by atoms with Crippen molar-refractivity contribution >= 4 is 8.60 Å². The van der Waals surface area contributed by atoms with Crippen molar-refractivity contribution in [2.75, 3.05) is 0 Å². The summed E-state index contributed by atoms with van der Waals surface area (Å²) in [5.41, 5.74) is 0. The lowest BCUT2D eigenvalue weighted by Crippen LogP contribution is -1.82. The molecule has 4 heteroatoms. The van der Waals surface area contributed by atoms with Crippen LogP contribution in [0, 0.1) is 0 Å². The predicted molar refractivity (Wildman–Crippen MR) is 82.3 cm³/mol. The fraction of sp³-hybridized carbons (Fsp3) is 0.600. The zero-order valence-electron chi connectivity index (χ0n) is 12.4. The van der Waals surface area contributed by atoms with Crippen LogP contribution in [0.2, 0.25) is 0 Å². The fourth-order valence-electron chi connectivity index (χ4n) is 1.06. The summed E-state index contributed by atoms with van der Waals surface area (Å²) in [6.07, 6.45) is 17.2. The molecule has 0 aliphatic rings. The first-order valence-electron chi connectivity index (χ1n) is 7.10. The molecule has 0 saturated carbocycles. The average molecular weight is 286 g/mol. The highest BCUT2D eigenvalue weighted by atomic mass is 31.2. The summed E-state index contributed by atoms with van der Waals surface area (Å²) in [4.78, 5) is 0. The van der Waals surface area contributed by atoms with Crippen LogP contribution in [0.1, 0.15) is 59.3 Å². The van der Waals surface area contributed by atoms with Crippen molar-refractivity contribution in [2.24, 2.45) is 0 Å². The summed E-state index contributed by atoms with van der Waals surface area (Å²) in [5.74, 6) is 0. The highest BCUT2D eigenvalue weighted by Crippen LogP contribution is 2.40. The van der Waals surface area contributed by atoms with Gasteiger partial charge in [0.05, 0.1) is 18.8 Å². The van der Waals surface area contributed by atoms with Crippen molar-refractivity contribution < 1.29 is 13.6 Å². The molecular weight excluding hydrogens is 259 g/mol. The van der Waals surface area contributed by atoms with E-state index in [-0.39, 0.29) is 0 Å². The number of hydrogen-bond acceptors (Lipinski definition) is 3. The van der Waals surface area contributed by atoms with Crippen LogP contribution in [0.5, 0.6) is 0 Å². The van der Waals surface area contributed by atoms with Gasteiger partial charge in [-0.1, -0.05) is 40.0 Å². The largest absolute Gasteiger partial charge is 0.528 e. The number of allylic oxidation sites excluding steroid dienone is 3. The summed E-state index contributed by atoms with van der Waals surface area (Å²) in [6.45, 7) is 6.38. The monoisotopic (exact) mass is 286 g/mol. The van der Waals surface area contributed by atoms with Gasteiger partial charge in [0.25, 0.3) is 0 Å². The van der Waals surface area contributed by atoms with Crippen LogP contribution in [0.25, 0.3) is 0 Å². The Balaban J connectivity index is 4.05. The molecule has 110 valence electrons. The van der Waals surface area contributed by atoms with Gasteiger partial charge in [0.15, 0.2) is 0 Å². The Morgan fingerprint density at radius 2 is 0.947 bits per heavy atom. The summed E-state index contributed by atoms with van der Waals surface area (Å²) >= 11 is 0. The zero-order chi connectivity index (χ0) is 14.2. The van der Waals surface area contributed by atoms with Crippen LogP contribution in [-0.2, 0) is 13.6 Å². The molecule has 19 heavy (non-hydrogen) atoms. The lowest BCUT2D eigenvalue weighted by atomic mass is 10.3. The van der Waals surface area contributed by atoms with Crippen molar-refractivity contribution in [2.45, 2.75) is 59.3 Å². The molecule has 0 aliphatic carbocycles. The molecule has 0 unspecified atom stereocenters. The lowest BCUT2D eigenvalue weighted by molar-refractivity contribution is 0.302. The van der Waals surface area contributed by atoms with Crippen LogP contribution in [-0.4, -0.2) is 0 Å². The van der Waals surface area contributed by atoms with Gasteiger partial charge in [0.1, 0.15) is 0 Å². The average Bonchev–Trinajstić information content (AvgIpc) is 2.43. The first-order chi connectivity index (χ1) is 9.35. The van der Waals surface area contributed by atoms with Crippen LogP contribution in [0.15, 0.2) is 37.0 Å². The molecule has 0 aromatic heterocycles. The summed E-state index contributed by atoms with van der Waals surface area (Å²) in [5, 5.41) is 0. The molecule has 0 saturated heterocycles. The van der Waals surface area contributed by atoms with Crippen molar-refractivity contribution in [3.63, 3.8) is 0 Å². The molecule has 0 spiro atoms. The van der Waals surface area contributed by atoms with Gasteiger partial charge in [0, 0.05) is 0 Å². The maximum absolute atomic E-state index is 5.44. The Bertz CT molecular complexity index is 219. The summed E-state index contributed by atoms with van der Waals surface area (Å²) < 4.78 is 16.3. The summed E-state index contributed by atoms with van der Waals surface area (Å²) in [7, 11) is -1.37. The second-order valence-corrected chi connectivity index (χ2v) is 5.10. The van der Waals surface area contributed by atoms with Gasteiger partial charge in [-0.3, -0.25) is 0 Å². The highest BCUT2D eigenvalue weighted by molar-refractivity contribution is 7.42. The minimum Gasteiger partial charge on any atom is -0.417 e. The van der Waals surface area contributed by atoms with E-state index in [1.54, 1.807) is 18.8 Å². The first kappa shape index (κ1) is 18.0. The second kappa shape index (κ2) is 15.1. The minimum absolute atomic E-state index is 1.00. The first-order valence-corrected chi connectivity index (χ1v) is 8.20. The molecule has 0 aliphatic heterocycles. The molecule has 0 heterocycles. The van der Waals surface area contributed by atoms with Gasteiger partial charge in [-0.2, -0.15) is 0 Å². The van der Waals surface area contributed by atoms with E-state index in [0.29, 0.717) is 0 Å². The normalized spacial score (nSPS) is 13.4. The predicted octanol–water partition coefficient (Wildman–Crippen LogP) is 6.20. The van der Waals surface area contributed by atoms with E-state index in [4.69, 9.17) is 13.6 Å². The van der Waals surface area contributed by atoms with Crippen molar-refractivity contribution in [1.82, 2.24) is 0 Å². The number of hydrogen-bond donors (Lipinski definition) is 0. The molecule has 0 rings (SSSR count). The quantitative estimate of drug-likeness (QED) is 0.315. The van der Waals surface area contributed by atoms with Crippen molar-refractivity contribution in [3.05, 3.63) is 37.0 Å². The van der Waals surface area contributed by atoms with Gasteiger partial charge in [0.2, 0.25) is 0 Å². The van der Waals surface area contributed by atoms with E-state index in [2.05, 4.69) is 20.8 Å². The van der Waals surface area contributed by atoms with Crippen LogP contribution < -0.4 is 0 Å². The highest BCUT2D eigenvalue weighted by Gasteiger charge is 2.10. The third-order valence-electron chi connectivity index (χ3n) is 2.10. The minimum atomic E-state index is -1.37. The van der Waals surface area contributed by atoms with E-state index < -0.39 is 8.60 Å². The van der Waals surface area contributed by atoms with Gasteiger partial charge >= 0.3 is 8.60 Å². The topological polar surface area (TPSA) is 27.7 Å². The Morgan fingerprint density at radius 1 is 0.632 bits per heavy atom. The van der Waals surface area contributed by atoms with Gasteiger partial charge < -0.3 is 13.6 Å². The Kier molecular flexibility index (Phi) is 14.4. The van der Waals surface area contributed by atoms with Gasteiger partial charge in [-0.15, -0.1) is 0 Å². The van der Waals surface area contributed by atoms with Crippen LogP contribution >= 0.6 is 8.60 Å². The van der Waals surface area contributed by atoms with Crippen LogP contribution in [0.4, 0.5) is 0 Å². The van der Waals surface area contributed by atoms with Crippen molar-refractivity contribution in [1.29, 1.82) is 0 Å². The fourth-order valence-corrected chi connectivity index (χ4v) is 1.76. The van der Waals surface area contributed by atoms with E-state index in [9.17, 15) is 0 Å². The third kappa shape index (κ3) is 13.3. The number of unbranched alkanes of at least 4 members (excludes halogenated alkanes) is 3. The molecule has 0 amide bonds. The molecule has 0 N–H and O–H groups in total. The smallest absolute Gasteiger partial charge is 0.417 e. The molecule has 0 atom stereocenters. The summed E-state index contributed by atoms with van der Waals surface area (Å²) in [6, 6.07) is 0. The Morgan fingerprint density at radius 3 is 1.21 bits per heavy atom. The van der Waals surface area contributed by atoms with Gasteiger partial charge in [-0.25, -0.2) is 0 Å². The molecule has 0 fully saturated rings. The van der Waals surface area contributed by atoms with Gasteiger partial charge in [-0.05, 0) is 37.5 Å².